The standard InChI is InChI=1S/C19H24BrNO4/c1-6-21(7-2)8-9-24-18-15-11(3)10-14(23)25-19(15)17(20)12(4)16(18)13(5)22/h10H,6-9H2,1-5H3. The molecule has 6 heteroatoms. The van der Waals surface area contributed by atoms with E-state index in [2.05, 4.69) is 34.7 Å². The van der Waals surface area contributed by atoms with Crippen LogP contribution in [-0.4, -0.2) is 36.9 Å². The van der Waals surface area contributed by atoms with Crippen molar-refractivity contribution >= 4 is 32.7 Å². The summed E-state index contributed by atoms with van der Waals surface area (Å²) < 4.78 is 12.1. The quantitative estimate of drug-likeness (QED) is 0.508. The van der Waals surface area contributed by atoms with Gasteiger partial charge in [-0.15, -0.1) is 0 Å². The van der Waals surface area contributed by atoms with Crippen LogP contribution in [0.4, 0.5) is 0 Å². The van der Waals surface area contributed by atoms with Crippen LogP contribution in [0, 0.1) is 13.8 Å². The third-order valence-electron chi connectivity index (χ3n) is 4.42. The van der Waals surface area contributed by atoms with Gasteiger partial charge in [0.1, 0.15) is 12.4 Å². The van der Waals surface area contributed by atoms with Crippen LogP contribution in [0.3, 0.4) is 0 Å². The Morgan fingerprint density at radius 2 is 1.92 bits per heavy atom. The van der Waals surface area contributed by atoms with Crippen molar-refractivity contribution in [2.24, 2.45) is 0 Å². The summed E-state index contributed by atoms with van der Waals surface area (Å²) in [6, 6.07) is 1.42. The van der Waals surface area contributed by atoms with E-state index in [1.807, 2.05) is 13.8 Å². The SMILES string of the molecule is CCN(CC)CCOc1c(C(C)=O)c(C)c(Br)c2oc(=O)cc(C)c12. The van der Waals surface area contributed by atoms with Crippen molar-refractivity contribution in [3.05, 3.63) is 37.6 Å². The van der Waals surface area contributed by atoms with Crippen LogP contribution in [0.15, 0.2) is 19.8 Å². The molecular formula is C19H24BrNO4. The summed E-state index contributed by atoms with van der Waals surface area (Å²) in [6.07, 6.45) is 0. The fourth-order valence-electron chi connectivity index (χ4n) is 3.01. The summed E-state index contributed by atoms with van der Waals surface area (Å²) in [5, 5.41) is 0.668. The molecule has 0 saturated carbocycles. The van der Waals surface area contributed by atoms with Crippen LogP contribution in [-0.2, 0) is 0 Å². The van der Waals surface area contributed by atoms with Crippen LogP contribution in [0.2, 0.25) is 0 Å². The number of fused-ring (bicyclic) bond motifs is 1. The highest BCUT2D eigenvalue weighted by atomic mass is 79.9. The van der Waals surface area contributed by atoms with Crippen molar-refractivity contribution < 1.29 is 13.9 Å². The maximum Gasteiger partial charge on any atom is 0.336 e. The smallest absolute Gasteiger partial charge is 0.336 e. The molecule has 0 bridgehead atoms. The van der Waals surface area contributed by atoms with E-state index in [9.17, 15) is 9.59 Å². The molecule has 1 heterocycles. The number of ketones is 1. The number of likely N-dealkylation sites (N-methyl/N-ethyl adjacent to an activating group) is 1. The second-order valence-electron chi connectivity index (χ2n) is 6.03. The monoisotopic (exact) mass is 409 g/mol. The highest BCUT2D eigenvalue weighted by Gasteiger charge is 2.23. The Kier molecular flexibility index (Phi) is 6.41. The number of carbonyl (C=O) groups excluding carboxylic acids is 1. The molecule has 0 amide bonds. The fourth-order valence-corrected chi connectivity index (χ4v) is 3.48. The van der Waals surface area contributed by atoms with Crippen molar-refractivity contribution in [2.45, 2.75) is 34.6 Å². The number of carbonyl (C=O) groups is 1. The van der Waals surface area contributed by atoms with E-state index in [1.54, 1.807) is 0 Å². The Labute approximate surface area is 156 Å². The summed E-state index contributed by atoms with van der Waals surface area (Å²) in [5.74, 6) is 0.417. The van der Waals surface area contributed by atoms with Gasteiger partial charge in [0, 0.05) is 12.6 Å². The first-order valence-corrected chi connectivity index (χ1v) is 9.23. The molecule has 2 rings (SSSR count). The molecule has 1 aromatic heterocycles. The number of hydrogen-bond donors (Lipinski definition) is 0. The molecule has 5 nitrogen and oxygen atoms in total. The largest absolute Gasteiger partial charge is 0.491 e. The minimum atomic E-state index is -0.422. The van der Waals surface area contributed by atoms with Crippen LogP contribution < -0.4 is 10.4 Å². The molecule has 0 unspecified atom stereocenters. The van der Waals surface area contributed by atoms with Gasteiger partial charge in [0.25, 0.3) is 0 Å². The summed E-state index contributed by atoms with van der Waals surface area (Å²) in [7, 11) is 0. The molecule has 0 fully saturated rings. The number of rotatable bonds is 7. The lowest BCUT2D eigenvalue weighted by molar-refractivity contribution is 0.101. The first kappa shape index (κ1) is 19.7. The molecular weight excluding hydrogens is 386 g/mol. The topological polar surface area (TPSA) is 59.8 Å². The fraction of sp³-hybridized carbons (Fsp3) is 0.474. The van der Waals surface area contributed by atoms with Crippen molar-refractivity contribution in [3.8, 4) is 5.75 Å². The van der Waals surface area contributed by atoms with E-state index < -0.39 is 5.63 Å². The Bertz CT molecular complexity index is 853. The van der Waals surface area contributed by atoms with Gasteiger partial charge >= 0.3 is 5.63 Å². The third kappa shape index (κ3) is 3.96. The van der Waals surface area contributed by atoms with Crippen LogP contribution in [0.25, 0.3) is 11.0 Å². The van der Waals surface area contributed by atoms with Crippen LogP contribution >= 0.6 is 15.9 Å². The highest BCUT2D eigenvalue weighted by molar-refractivity contribution is 9.10. The van der Waals surface area contributed by atoms with E-state index in [-0.39, 0.29) is 5.78 Å². The predicted molar refractivity (Wildman–Crippen MR) is 103 cm³/mol. The Morgan fingerprint density at radius 3 is 2.48 bits per heavy atom. The minimum absolute atomic E-state index is 0.0801. The molecule has 0 saturated heterocycles. The number of aryl methyl sites for hydroxylation is 1. The molecule has 25 heavy (non-hydrogen) atoms. The molecule has 0 aliphatic carbocycles. The highest BCUT2D eigenvalue weighted by Crippen LogP contribution is 2.40. The Hall–Kier alpha value is -1.66. The Morgan fingerprint density at radius 1 is 1.28 bits per heavy atom. The first-order chi connectivity index (χ1) is 11.8. The van der Waals surface area contributed by atoms with Gasteiger partial charge < -0.3 is 14.1 Å². The molecule has 2 aromatic rings. The van der Waals surface area contributed by atoms with E-state index in [1.165, 1.54) is 13.0 Å². The van der Waals surface area contributed by atoms with Crippen LogP contribution in [0.5, 0.6) is 5.75 Å². The summed E-state index contributed by atoms with van der Waals surface area (Å²) >= 11 is 3.47. The molecule has 136 valence electrons. The number of nitrogens with zero attached hydrogens (tertiary/aromatic N) is 1. The average molecular weight is 410 g/mol. The Balaban J connectivity index is 2.62. The minimum Gasteiger partial charge on any atom is -0.491 e. The first-order valence-electron chi connectivity index (χ1n) is 8.44. The normalized spacial score (nSPS) is 11.3. The molecule has 0 aliphatic heterocycles. The van der Waals surface area contributed by atoms with Crippen molar-refractivity contribution in [3.63, 3.8) is 0 Å². The van der Waals surface area contributed by atoms with Crippen LogP contribution in [0.1, 0.15) is 42.3 Å². The summed E-state index contributed by atoms with van der Waals surface area (Å²) in [4.78, 5) is 26.3. The van der Waals surface area contributed by atoms with Crippen molar-refractivity contribution in [2.75, 3.05) is 26.2 Å². The van der Waals surface area contributed by atoms with E-state index in [0.29, 0.717) is 38.9 Å². The number of hydrogen-bond acceptors (Lipinski definition) is 5. The second kappa shape index (κ2) is 8.15. The molecule has 1 aromatic carbocycles. The predicted octanol–water partition coefficient (Wildman–Crippen LogP) is 4.10. The van der Waals surface area contributed by atoms with Gasteiger partial charge in [-0.25, -0.2) is 4.79 Å². The molecule has 0 atom stereocenters. The van der Waals surface area contributed by atoms with Gasteiger partial charge in [-0.1, -0.05) is 13.8 Å². The lowest BCUT2D eigenvalue weighted by atomic mass is 9.98. The number of benzene rings is 1. The van der Waals surface area contributed by atoms with Gasteiger partial charge in [0.05, 0.1) is 15.4 Å². The molecule has 0 radical (unpaired) electrons. The maximum atomic E-state index is 12.3. The van der Waals surface area contributed by atoms with E-state index in [0.717, 1.165) is 25.2 Å². The molecule has 0 aliphatic rings. The lowest BCUT2D eigenvalue weighted by Crippen LogP contribution is -2.28. The zero-order valence-electron chi connectivity index (χ0n) is 15.4. The summed E-state index contributed by atoms with van der Waals surface area (Å²) in [6.45, 7) is 12.5. The van der Waals surface area contributed by atoms with E-state index in [4.69, 9.17) is 9.15 Å². The number of halogens is 1. The number of ether oxygens (including phenoxy) is 1. The van der Waals surface area contributed by atoms with Crippen molar-refractivity contribution in [1.29, 1.82) is 0 Å². The second-order valence-corrected chi connectivity index (χ2v) is 6.82. The van der Waals surface area contributed by atoms with Gasteiger partial charge in [0.2, 0.25) is 0 Å². The van der Waals surface area contributed by atoms with Gasteiger partial charge in [-0.05, 0) is 60.9 Å². The molecule has 0 spiro atoms. The lowest BCUT2D eigenvalue weighted by Gasteiger charge is -2.21. The average Bonchev–Trinajstić information content (AvgIpc) is 2.55. The third-order valence-corrected chi connectivity index (χ3v) is 5.37. The van der Waals surface area contributed by atoms with Gasteiger partial charge in [-0.2, -0.15) is 0 Å². The number of Topliss-reactive ketones (excluding diaryl/α,β-unsaturated/α-hetero) is 1. The van der Waals surface area contributed by atoms with Gasteiger partial charge in [-0.3, -0.25) is 4.79 Å². The molecule has 0 N–H and O–H groups in total. The van der Waals surface area contributed by atoms with Gasteiger partial charge in [0.15, 0.2) is 11.4 Å². The zero-order valence-corrected chi connectivity index (χ0v) is 16.9. The summed E-state index contributed by atoms with van der Waals surface area (Å²) in [5.41, 5.74) is 1.97. The zero-order chi connectivity index (χ0) is 18.7. The van der Waals surface area contributed by atoms with Crippen molar-refractivity contribution in [1.82, 2.24) is 4.90 Å². The maximum absolute atomic E-state index is 12.3. The van der Waals surface area contributed by atoms with E-state index >= 15 is 0 Å².